The second-order valence-corrected chi connectivity index (χ2v) is 3.56. The maximum atomic E-state index is 13.3. The SMILES string of the molecule is CCOC(=O)c1c(C(F)F)ncc(F)c1CBr. The molecule has 0 aliphatic carbocycles. The van der Waals surface area contributed by atoms with E-state index in [9.17, 15) is 18.0 Å². The van der Waals surface area contributed by atoms with Crippen molar-refractivity contribution in [1.82, 2.24) is 4.98 Å². The van der Waals surface area contributed by atoms with E-state index in [0.29, 0.717) is 6.20 Å². The molecule has 1 aromatic heterocycles. The van der Waals surface area contributed by atoms with Crippen molar-refractivity contribution in [3.05, 3.63) is 28.8 Å². The minimum Gasteiger partial charge on any atom is -0.462 e. The monoisotopic (exact) mass is 311 g/mol. The topological polar surface area (TPSA) is 39.2 Å². The Morgan fingerprint density at radius 2 is 2.24 bits per heavy atom. The zero-order chi connectivity index (χ0) is 13.0. The number of hydrogen-bond donors (Lipinski definition) is 0. The van der Waals surface area contributed by atoms with Crippen molar-refractivity contribution < 1.29 is 22.7 Å². The van der Waals surface area contributed by atoms with Crippen LogP contribution in [0, 0.1) is 5.82 Å². The van der Waals surface area contributed by atoms with E-state index in [-0.39, 0.29) is 17.5 Å². The minimum absolute atomic E-state index is 0.0136. The molecular weight excluding hydrogens is 303 g/mol. The lowest BCUT2D eigenvalue weighted by atomic mass is 10.1. The first-order valence-corrected chi connectivity index (χ1v) is 5.83. The van der Waals surface area contributed by atoms with E-state index in [0.717, 1.165) is 0 Å². The zero-order valence-electron chi connectivity index (χ0n) is 8.84. The molecule has 0 aromatic carbocycles. The number of nitrogens with zero attached hydrogens (tertiary/aromatic N) is 1. The van der Waals surface area contributed by atoms with E-state index in [4.69, 9.17) is 0 Å². The lowest BCUT2D eigenvalue weighted by molar-refractivity contribution is 0.0511. The van der Waals surface area contributed by atoms with Gasteiger partial charge in [-0.3, -0.25) is 4.98 Å². The summed E-state index contributed by atoms with van der Waals surface area (Å²) in [6.45, 7) is 1.54. The third kappa shape index (κ3) is 2.96. The van der Waals surface area contributed by atoms with Crippen LogP contribution in [-0.2, 0) is 10.1 Å². The molecule has 17 heavy (non-hydrogen) atoms. The average molecular weight is 312 g/mol. The van der Waals surface area contributed by atoms with Crippen LogP contribution in [0.5, 0.6) is 0 Å². The summed E-state index contributed by atoms with van der Waals surface area (Å²) in [6.07, 6.45) is -2.30. The maximum Gasteiger partial charge on any atom is 0.340 e. The van der Waals surface area contributed by atoms with Crippen LogP contribution in [0.15, 0.2) is 6.20 Å². The fourth-order valence-corrected chi connectivity index (χ4v) is 1.82. The first-order valence-electron chi connectivity index (χ1n) is 4.71. The molecule has 1 rings (SSSR count). The van der Waals surface area contributed by atoms with Gasteiger partial charge in [0.1, 0.15) is 11.5 Å². The molecular formula is C10H9BrF3NO2. The summed E-state index contributed by atoms with van der Waals surface area (Å²) in [5.74, 6) is -1.82. The Bertz CT molecular complexity index is 426. The Hall–Kier alpha value is -1.11. The second kappa shape index (κ2) is 6.00. The fourth-order valence-electron chi connectivity index (χ4n) is 1.27. The molecule has 1 aromatic rings. The smallest absolute Gasteiger partial charge is 0.340 e. The number of carbonyl (C=O) groups is 1. The first-order chi connectivity index (χ1) is 8.02. The number of rotatable bonds is 4. The molecule has 0 N–H and O–H groups in total. The van der Waals surface area contributed by atoms with Crippen LogP contribution >= 0.6 is 15.9 Å². The number of hydrogen-bond acceptors (Lipinski definition) is 3. The third-order valence-electron chi connectivity index (χ3n) is 1.98. The van der Waals surface area contributed by atoms with Crippen LogP contribution < -0.4 is 0 Å². The van der Waals surface area contributed by atoms with Gasteiger partial charge in [0.2, 0.25) is 0 Å². The van der Waals surface area contributed by atoms with Crippen LogP contribution in [-0.4, -0.2) is 17.6 Å². The molecule has 0 aliphatic heterocycles. The highest BCUT2D eigenvalue weighted by Crippen LogP contribution is 2.27. The maximum absolute atomic E-state index is 13.3. The molecule has 7 heteroatoms. The van der Waals surface area contributed by atoms with E-state index >= 15 is 0 Å². The van der Waals surface area contributed by atoms with Gasteiger partial charge in [-0.2, -0.15) is 0 Å². The van der Waals surface area contributed by atoms with Gasteiger partial charge < -0.3 is 4.74 Å². The van der Waals surface area contributed by atoms with Gasteiger partial charge in [-0.1, -0.05) is 15.9 Å². The zero-order valence-corrected chi connectivity index (χ0v) is 10.4. The molecule has 0 spiro atoms. The second-order valence-electron chi connectivity index (χ2n) is 3.00. The molecule has 0 amide bonds. The predicted octanol–water partition coefficient (Wildman–Crippen LogP) is 3.23. The summed E-state index contributed by atoms with van der Waals surface area (Å²) in [7, 11) is 0. The summed E-state index contributed by atoms with van der Waals surface area (Å²) in [4.78, 5) is 14.8. The van der Waals surface area contributed by atoms with Gasteiger partial charge in [0.05, 0.1) is 18.4 Å². The molecule has 0 atom stereocenters. The Labute approximate surface area is 104 Å². The van der Waals surface area contributed by atoms with Gasteiger partial charge in [-0.15, -0.1) is 0 Å². The van der Waals surface area contributed by atoms with Crippen molar-refractivity contribution in [3.8, 4) is 0 Å². The summed E-state index contributed by atoms with van der Waals surface area (Å²) in [5.41, 5.74) is -1.44. The number of carbonyl (C=O) groups excluding carboxylic acids is 1. The van der Waals surface area contributed by atoms with Crippen LogP contribution in [0.2, 0.25) is 0 Å². The van der Waals surface area contributed by atoms with Gasteiger partial charge in [0.15, 0.2) is 0 Å². The number of pyridine rings is 1. The Balaban J connectivity index is 3.38. The van der Waals surface area contributed by atoms with E-state index in [1.807, 2.05) is 0 Å². The molecule has 0 unspecified atom stereocenters. The van der Waals surface area contributed by atoms with Crippen molar-refractivity contribution in [2.24, 2.45) is 0 Å². The molecule has 1 heterocycles. The summed E-state index contributed by atoms with van der Waals surface area (Å²) in [5, 5.41) is -0.0742. The lowest BCUT2D eigenvalue weighted by Crippen LogP contribution is -2.14. The van der Waals surface area contributed by atoms with Crippen LogP contribution in [0.4, 0.5) is 13.2 Å². The summed E-state index contributed by atoms with van der Waals surface area (Å²) < 4.78 is 43.3. The Kier molecular flexibility index (Phi) is 4.92. The number of ether oxygens (including phenoxy) is 1. The van der Waals surface area contributed by atoms with E-state index < -0.39 is 29.5 Å². The van der Waals surface area contributed by atoms with E-state index in [2.05, 4.69) is 25.7 Å². The van der Waals surface area contributed by atoms with E-state index in [1.165, 1.54) is 6.92 Å². The average Bonchev–Trinajstić information content (AvgIpc) is 2.28. The highest BCUT2D eigenvalue weighted by atomic mass is 79.9. The normalized spacial score (nSPS) is 10.7. The minimum atomic E-state index is -2.96. The van der Waals surface area contributed by atoms with Crippen LogP contribution in [0.3, 0.4) is 0 Å². The van der Waals surface area contributed by atoms with Crippen LogP contribution in [0.25, 0.3) is 0 Å². The number of halogens is 4. The largest absolute Gasteiger partial charge is 0.462 e. The molecule has 0 saturated heterocycles. The predicted molar refractivity (Wildman–Crippen MR) is 57.7 cm³/mol. The van der Waals surface area contributed by atoms with Gasteiger partial charge in [0.25, 0.3) is 6.43 Å². The van der Waals surface area contributed by atoms with Crippen molar-refractivity contribution in [2.75, 3.05) is 6.61 Å². The van der Waals surface area contributed by atoms with Gasteiger partial charge in [-0.05, 0) is 6.92 Å². The van der Waals surface area contributed by atoms with E-state index in [1.54, 1.807) is 0 Å². The molecule has 0 fully saturated rings. The molecule has 0 radical (unpaired) electrons. The summed E-state index contributed by atoms with van der Waals surface area (Å²) in [6, 6.07) is 0. The molecule has 0 bridgehead atoms. The number of aromatic nitrogens is 1. The standard InChI is InChI=1S/C10H9BrF3NO2/c1-2-17-10(16)7-5(3-11)6(12)4-15-8(7)9(13)14/h4,9H,2-3H2,1H3. The highest BCUT2D eigenvalue weighted by molar-refractivity contribution is 9.08. The molecule has 3 nitrogen and oxygen atoms in total. The molecule has 0 saturated carbocycles. The van der Waals surface area contributed by atoms with Gasteiger partial charge in [0, 0.05) is 10.9 Å². The number of alkyl halides is 3. The summed E-state index contributed by atoms with van der Waals surface area (Å²) >= 11 is 2.94. The Morgan fingerprint density at radius 1 is 1.59 bits per heavy atom. The van der Waals surface area contributed by atoms with Crippen molar-refractivity contribution in [1.29, 1.82) is 0 Å². The quantitative estimate of drug-likeness (QED) is 0.633. The van der Waals surface area contributed by atoms with Crippen molar-refractivity contribution >= 4 is 21.9 Å². The van der Waals surface area contributed by atoms with Gasteiger partial charge >= 0.3 is 5.97 Å². The van der Waals surface area contributed by atoms with Crippen molar-refractivity contribution in [3.63, 3.8) is 0 Å². The highest BCUT2D eigenvalue weighted by Gasteiger charge is 2.26. The molecule has 0 aliphatic rings. The van der Waals surface area contributed by atoms with Crippen LogP contribution in [0.1, 0.15) is 35.0 Å². The molecule has 94 valence electrons. The fraction of sp³-hybridized carbons (Fsp3) is 0.400. The lowest BCUT2D eigenvalue weighted by Gasteiger charge is -2.11. The first kappa shape index (κ1) is 14.0. The Morgan fingerprint density at radius 3 is 2.71 bits per heavy atom. The van der Waals surface area contributed by atoms with Crippen molar-refractivity contribution in [2.45, 2.75) is 18.7 Å². The van der Waals surface area contributed by atoms with Gasteiger partial charge in [-0.25, -0.2) is 18.0 Å². The third-order valence-corrected chi connectivity index (χ3v) is 2.54. The number of esters is 1.